The molecule has 160 valence electrons. The summed E-state index contributed by atoms with van der Waals surface area (Å²) in [6.07, 6.45) is 3.23. The minimum Gasteiger partial charge on any atom is -0.493 e. The Balaban J connectivity index is 1.92. The standard InChI is InChI=1S/C24H23NO4S2/c1-28-22-12-11-18-20(14-16-7-6-8-17(13-16)25-31(3,26)27)19-9-4-5-10-23(19)30-15-21(18)24(22)29-2/h4-14,25H,15H2,1-3H3/b20-14-. The van der Waals surface area contributed by atoms with E-state index in [-0.39, 0.29) is 0 Å². The van der Waals surface area contributed by atoms with E-state index in [0.29, 0.717) is 11.4 Å². The predicted molar refractivity (Wildman–Crippen MR) is 127 cm³/mol. The number of thioether (sulfide) groups is 1. The summed E-state index contributed by atoms with van der Waals surface area (Å²) in [6, 6.07) is 19.6. The van der Waals surface area contributed by atoms with E-state index in [0.717, 1.165) is 45.6 Å². The first-order chi connectivity index (χ1) is 14.9. The molecule has 1 aliphatic heterocycles. The Morgan fingerprint density at radius 1 is 0.968 bits per heavy atom. The SMILES string of the molecule is COc1ccc2c(c1OC)CSc1ccccc1/C2=C\c1cccc(NS(C)(=O)=O)c1. The second-order valence-electron chi connectivity index (χ2n) is 7.17. The molecule has 0 amide bonds. The lowest BCUT2D eigenvalue weighted by Crippen LogP contribution is -2.09. The number of hydrogen-bond donors (Lipinski definition) is 1. The van der Waals surface area contributed by atoms with E-state index >= 15 is 0 Å². The van der Waals surface area contributed by atoms with Gasteiger partial charge in [-0.3, -0.25) is 4.72 Å². The maximum absolute atomic E-state index is 11.7. The molecule has 3 aromatic carbocycles. The summed E-state index contributed by atoms with van der Waals surface area (Å²) in [5.41, 5.74) is 5.73. The molecule has 4 rings (SSSR count). The van der Waals surface area contributed by atoms with Gasteiger partial charge < -0.3 is 9.47 Å². The van der Waals surface area contributed by atoms with Crippen molar-refractivity contribution in [2.24, 2.45) is 0 Å². The molecule has 3 aromatic rings. The van der Waals surface area contributed by atoms with Crippen LogP contribution in [0.25, 0.3) is 11.6 Å². The number of methoxy groups -OCH3 is 2. The highest BCUT2D eigenvalue weighted by Gasteiger charge is 2.23. The lowest BCUT2D eigenvalue weighted by Gasteiger charge is -2.17. The largest absolute Gasteiger partial charge is 0.493 e. The van der Waals surface area contributed by atoms with Gasteiger partial charge in [-0.2, -0.15) is 0 Å². The third kappa shape index (κ3) is 4.57. The first-order valence-electron chi connectivity index (χ1n) is 9.65. The average molecular weight is 454 g/mol. The smallest absolute Gasteiger partial charge is 0.229 e. The summed E-state index contributed by atoms with van der Waals surface area (Å²) in [4.78, 5) is 1.18. The van der Waals surface area contributed by atoms with Crippen LogP contribution < -0.4 is 14.2 Å². The van der Waals surface area contributed by atoms with Crippen molar-refractivity contribution in [2.75, 3.05) is 25.2 Å². The number of ether oxygens (including phenoxy) is 2. The molecule has 0 saturated carbocycles. The van der Waals surface area contributed by atoms with Crippen molar-refractivity contribution >= 4 is 39.1 Å². The number of benzene rings is 3. The van der Waals surface area contributed by atoms with Gasteiger partial charge in [-0.05, 0) is 52.6 Å². The molecule has 0 fully saturated rings. The van der Waals surface area contributed by atoms with Crippen molar-refractivity contribution < 1.29 is 17.9 Å². The topological polar surface area (TPSA) is 64.6 Å². The van der Waals surface area contributed by atoms with E-state index in [1.165, 1.54) is 4.90 Å². The van der Waals surface area contributed by atoms with Crippen LogP contribution in [0.15, 0.2) is 65.6 Å². The Bertz CT molecular complexity index is 1270. The summed E-state index contributed by atoms with van der Waals surface area (Å²) in [6.45, 7) is 0. The molecule has 0 unspecified atom stereocenters. The molecule has 31 heavy (non-hydrogen) atoms. The highest BCUT2D eigenvalue weighted by molar-refractivity contribution is 7.98. The maximum Gasteiger partial charge on any atom is 0.229 e. The van der Waals surface area contributed by atoms with Crippen LogP contribution in [0.1, 0.15) is 22.3 Å². The summed E-state index contributed by atoms with van der Waals surface area (Å²) in [7, 11) is -0.0553. The van der Waals surface area contributed by atoms with Crippen molar-refractivity contribution in [3.05, 3.63) is 82.9 Å². The zero-order valence-corrected chi connectivity index (χ0v) is 19.1. The normalized spacial score (nSPS) is 14.4. The van der Waals surface area contributed by atoms with Crippen molar-refractivity contribution in [3.63, 3.8) is 0 Å². The molecular weight excluding hydrogens is 430 g/mol. The molecule has 0 atom stereocenters. The predicted octanol–water partition coefficient (Wildman–Crippen LogP) is 5.27. The molecule has 0 aliphatic carbocycles. The van der Waals surface area contributed by atoms with Crippen LogP contribution in [-0.4, -0.2) is 28.9 Å². The van der Waals surface area contributed by atoms with Gasteiger partial charge in [0.25, 0.3) is 0 Å². The molecule has 0 aromatic heterocycles. The lowest BCUT2D eigenvalue weighted by molar-refractivity contribution is 0.352. The Labute approximate surface area is 187 Å². The molecule has 0 saturated heterocycles. The highest BCUT2D eigenvalue weighted by atomic mass is 32.2. The van der Waals surface area contributed by atoms with Crippen molar-refractivity contribution in [1.29, 1.82) is 0 Å². The molecule has 0 radical (unpaired) electrons. The third-order valence-electron chi connectivity index (χ3n) is 4.99. The van der Waals surface area contributed by atoms with Gasteiger partial charge in [0, 0.05) is 21.9 Å². The van der Waals surface area contributed by atoms with Gasteiger partial charge >= 0.3 is 0 Å². The third-order valence-corrected chi connectivity index (χ3v) is 6.70. The summed E-state index contributed by atoms with van der Waals surface area (Å²) in [5.74, 6) is 2.19. The summed E-state index contributed by atoms with van der Waals surface area (Å²) < 4.78 is 37.1. The fourth-order valence-electron chi connectivity index (χ4n) is 3.72. The van der Waals surface area contributed by atoms with E-state index in [1.54, 1.807) is 32.0 Å². The van der Waals surface area contributed by atoms with E-state index in [9.17, 15) is 8.42 Å². The zero-order valence-electron chi connectivity index (χ0n) is 17.5. The fraction of sp³-hybridized carbons (Fsp3) is 0.167. The monoisotopic (exact) mass is 453 g/mol. The van der Waals surface area contributed by atoms with Gasteiger partial charge in [-0.25, -0.2) is 8.42 Å². The van der Waals surface area contributed by atoms with Gasteiger partial charge in [-0.1, -0.05) is 36.4 Å². The second kappa shape index (κ2) is 8.69. The minimum atomic E-state index is -3.35. The van der Waals surface area contributed by atoms with Crippen molar-refractivity contribution in [1.82, 2.24) is 0 Å². The van der Waals surface area contributed by atoms with Gasteiger partial charge in [0.05, 0.1) is 20.5 Å². The van der Waals surface area contributed by atoms with E-state index in [4.69, 9.17) is 9.47 Å². The molecule has 0 bridgehead atoms. The van der Waals surface area contributed by atoms with Gasteiger partial charge in [0.2, 0.25) is 10.0 Å². The maximum atomic E-state index is 11.7. The number of fused-ring (bicyclic) bond motifs is 2. The summed E-state index contributed by atoms with van der Waals surface area (Å²) >= 11 is 1.76. The second-order valence-corrected chi connectivity index (χ2v) is 9.94. The van der Waals surface area contributed by atoms with Crippen molar-refractivity contribution in [3.8, 4) is 11.5 Å². The molecule has 1 N–H and O–H groups in total. The Morgan fingerprint density at radius 3 is 2.52 bits per heavy atom. The van der Waals surface area contributed by atoms with Gasteiger partial charge in [-0.15, -0.1) is 11.8 Å². The number of nitrogens with one attached hydrogen (secondary N) is 1. The molecule has 1 heterocycles. The molecule has 0 spiro atoms. The van der Waals surface area contributed by atoms with Crippen LogP contribution in [0.4, 0.5) is 5.69 Å². The quantitative estimate of drug-likeness (QED) is 0.570. The average Bonchev–Trinajstić information content (AvgIpc) is 2.89. The zero-order chi connectivity index (χ0) is 22.0. The van der Waals surface area contributed by atoms with Crippen LogP contribution in [0.2, 0.25) is 0 Å². The van der Waals surface area contributed by atoms with Crippen LogP contribution >= 0.6 is 11.8 Å². The number of sulfonamides is 1. The van der Waals surface area contributed by atoms with E-state index in [2.05, 4.69) is 29.0 Å². The Kier molecular flexibility index (Phi) is 5.98. The van der Waals surface area contributed by atoms with Gasteiger partial charge in [0.15, 0.2) is 11.5 Å². The fourth-order valence-corrected chi connectivity index (χ4v) is 5.37. The van der Waals surface area contributed by atoms with Crippen LogP contribution in [-0.2, 0) is 15.8 Å². The minimum absolute atomic E-state index is 0.528. The molecule has 7 heteroatoms. The molecular formula is C24H23NO4S2. The first-order valence-corrected chi connectivity index (χ1v) is 12.5. The molecule has 1 aliphatic rings. The highest BCUT2D eigenvalue weighted by Crippen LogP contribution is 2.46. The number of hydrogen-bond acceptors (Lipinski definition) is 5. The number of anilines is 1. The van der Waals surface area contributed by atoms with E-state index in [1.807, 2.05) is 36.4 Å². The Hall–Kier alpha value is -2.90. The Morgan fingerprint density at radius 2 is 1.77 bits per heavy atom. The van der Waals surface area contributed by atoms with Crippen LogP contribution in [0.5, 0.6) is 11.5 Å². The van der Waals surface area contributed by atoms with Crippen LogP contribution in [0.3, 0.4) is 0 Å². The van der Waals surface area contributed by atoms with Crippen LogP contribution in [0, 0.1) is 0 Å². The lowest BCUT2D eigenvalue weighted by atomic mass is 9.92. The van der Waals surface area contributed by atoms with E-state index < -0.39 is 10.0 Å². The number of rotatable bonds is 5. The van der Waals surface area contributed by atoms with Gasteiger partial charge in [0.1, 0.15) is 0 Å². The molecule has 5 nitrogen and oxygen atoms in total. The summed E-state index contributed by atoms with van der Waals surface area (Å²) in [5, 5.41) is 0. The first kappa shape index (κ1) is 21.3. The van der Waals surface area contributed by atoms with Crippen molar-refractivity contribution in [2.45, 2.75) is 10.6 Å².